The van der Waals surface area contributed by atoms with Crippen molar-refractivity contribution in [2.45, 2.75) is 32.7 Å². The predicted octanol–water partition coefficient (Wildman–Crippen LogP) is 0.769. The average molecular weight is 292 g/mol. The number of aromatic nitrogens is 2. The summed E-state index contributed by atoms with van der Waals surface area (Å²) in [5, 5.41) is 19.8. The van der Waals surface area contributed by atoms with Crippen LogP contribution in [0.25, 0.3) is 0 Å². The number of aryl methyl sites for hydroxylation is 1. The summed E-state index contributed by atoms with van der Waals surface area (Å²) in [6, 6.07) is -0.261. The van der Waals surface area contributed by atoms with Gasteiger partial charge in [0.2, 0.25) is 5.69 Å². The summed E-state index contributed by atoms with van der Waals surface area (Å²) in [7, 11) is 0. The summed E-state index contributed by atoms with van der Waals surface area (Å²) in [5.74, 6) is -0.585. The first-order valence-corrected chi connectivity index (χ1v) is 5.73. The first kappa shape index (κ1) is 17.3. The highest BCUT2D eigenvalue weighted by atomic mass is 35.5. The lowest BCUT2D eigenvalue weighted by Gasteiger charge is -2.09. The van der Waals surface area contributed by atoms with Gasteiger partial charge >= 0.3 is 5.69 Å². The van der Waals surface area contributed by atoms with Crippen molar-refractivity contribution >= 4 is 24.0 Å². The van der Waals surface area contributed by atoms with E-state index in [0.29, 0.717) is 12.1 Å². The minimum absolute atomic E-state index is 0. The van der Waals surface area contributed by atoms with Crippen molar-refractivity contribution < 1.29 is 9.72 Å². The average Bonchev–Trinajstić information content (AvgIpc) is 2.73. The molecule has 0 aliphatic rings. The molecule has 1 amide bonds. The Labute approximate surface area is 116 Å². The molecule has 0 saturated heterocycles. The molecule has 108 valence electrons. The molecule has 0 bridgehead atoms. The van der Waals surface area contributed by atoms with Crippen LogP contribution < -0.4 is 11.1 Å². The van der Waals surface area contributed by atoms with Crippen LogP contribution in [0, 0.1) is 10.1 Å². The van der Waals surface area contributed by atoms with Gasteiger partial charge in [0.05, 0.1) is 4.92 Å². The van der Waals surface area contributed by atoms with Gasteiger partial charge in [-0.1, -0.05) is 13.3 Å². The van der Waals surface area contributed by atoms with E-state index in [9.17, 15) is 14.9 Å². The lowest BCUT2D eigenvalue weighted by Crippen LogP contribution is -2.38. The number of H-pyrrole nitrogens is 1. The standard InChI is InChI=1S/C10H17N5O3.ClH/c1-3-4-7-9(15(17)18)8(14-13-7)10(16)12-6(2)5-11;/h6H,3-5,11H2,1-2H3,(H,12,16)(H,13,14);1H/t6-;/m0./s1. The van der Waals surface area contributed by atoms with Crippen LogP contribution in [0.5, 0.6) is 0 Å². The molecule has 0 aliphatic carbocycles. The molecule has 1 atom stereocenters. The van der Waals surface area contributed by atoms with Crippen LogP contribution in [0.2, 0.25) is 0 Å². The highest BCUT2D eigenvalue weighted by Gasteiger charge is 2.28. The molecule has 0 aliphatic heterocycles. The number of nitrogens with one attached hydrogen (secondary N) is 2. The van der Waals surface area contributed by atoms with Crippen molar-refractivity contribution in [1.29, 1.82) is 0 Å². The first-order chi connectivity index (χ1) is 8.51. The van der Waals surface area contributed by atoms with Gasteiger partial charge in [-0.25, -0.2) is 0 Å². The zero-order valence-corrected chi connectivity index (χ0v) is 11.6. The molecule has 1 heterocycles. The second-order valence-electron chi connectivity index (χ2n) is 4.02. The maximum Gasteiger partial charge on any atom is 0.322 e. The fourth-order valence-corrected chi connectivity index (χ4v) is 1.50. The molecule has 1 aromatic rings. The fourth-order valence-electron chi connectivity index (χ4n) is 1.50. The summed E-state index contributed by atoms with van der Waals surface area (Å²) in [6.07, 6.45) is 1.20. The molecular weight excluding hydrogens is 274 g/mol. The topological polar surface area (TPSA) is 127 Å². The largest absolute Gasteiger partial charge is 0.347 e. The minimum Gasteiger partial charge on any atom is -0.347 e. The Morgan fingerprint density at radius 3 is 2.74 bits per heavy atom. The number of halogens is 1. The van der Waals surface area contributed by atoms with Gasteiger partial charge < -0.3 is 11.1 Å². The van der Waals surface area contributed by atoms with Crippen molar-refractivity contribution in [3.8, 4) is 0 Å². The number of rotatable bonds is 6. The molecule has 0 unspecified atom stereocenters. The molecule has 1 rings (SSSR count). The number of nitro groups is 1. The molecule has 9 heteroatoms. The van der Waals surface area contributed by atoms with Crippen LogP contribution in [0.4, 0.5) is 5.69 Å². The molecule has 0 fully saturated rings. The maximum atomic E-state index is 11.8. The van der Waals surface area contributed by atoms with Gasteiger partial charge in [0.15, 0.2) is 0 Å². The van der Waals surface area contributed by atoms with E-state index in [-0.39, 0.29) is 36.4 Å². The summed E-state index contributed by atoms with van der Waals surface area (Å²) < 4.78 is 0. The number of hydrogen-bond donors (Lipinski definition) is 3. The fraction of sp³-hybridized carbons (Fsp3) is 0.600. The second-order valence-corrected chi connectivity index (χ2v) is 4.02. The van der Waals surface area contributed by atoms with Crippen LogP contribution in [0.15, 0.2) is 0 Å². The number of aromatic amines is 1. The van der Waals surface area contributed by atoms with Crippen molar-refractivity contribution in [3.63, 3.8) is 0 Å². The van der Waals surface area contributed by atoms with Gasteiger partial charge in [0.25, 0.3) is 5.91 Å². The highest BCUT2D eigenvalue weighted by molar-refractivity contribution is 5.96. The Morgan fingerprint density at radius 1 is 1.63 bits per heavy atom. The quantitative estimate of drug-likeness (QED) is 0.527. The van der Waals surface area contributed by atoms with Crippen LogP contribution in [-0.4, -0.2) is 33.6 Å². The third kappa shape index (κ3) is 4.18. The SMILES string of the molecule is CCCc1[nH]nc(C(=O)N[C@@H](C)CN)c1[N+](=O)[O-].Cl. The monoisotopic (exact) mass is 291 g/mol. The molecule has 8 nitrogen and oxygen atoms in total. The summed E-state index contributed by atoms with van der Waals surface area (Å²) in [6.45, 7) is 3.86. The molecule has 4 N–H and O–H groups in total. The van der Waals surface area contributed by atoms with Crippen LogP contribution in [0.3, 0.4) is 0 Å². The van der Waals surface area contributed by atoms with Gasteiger partial charge in [0.1, 0.15) is 5.69 Å². The van der Waals surface area contributed by atoms with Crippen LogP contribution in [0.1, 0.15) is 36.5 Å². The highest BCUT2D eigenvalue weighted by Crippen LogP contribution is 2.22. The first-order valence-electron chi connectivity index (χ1n) is 5.73. The Kier molecular flexibility index (Phi) is 7.02. The summed E-state index contributed by atoms with van der Waals surface area (Å²) in [4.78, 5) is 22.2. The van der Waals surface area contributed by atoms with Crippen LogP contribution in [-0.2, 0) is 6.42 Å². The third-order valence-corrected chi connectivity index (χ3v) is 2.44. The van der Waals surface area contributed by atoms with E-state index in [2.05, 4.69) is 15.5 Å². The van der Waals surface area contributed by atoms with E-state index in [0.717, 1.165) is 6.42 Å². The lowest BCUT2D eigenvalue weighted by atomic mass is 10.2. The zero-order chi connectivity index (χ0) is 13.7. The van der Waals surface area contributed by atoms with Gasteiger partial charge in [-0.2, -0.15) is 5.10 Å². The Morgan fingerprint density at radius 2 is 2.26 bits per heavy atom. The molecule has 0 saturated carbocycles. The van der Waals surface area contributed by atoms with Gasteiger partial charge in [0, 0.05) is 12.6 Å². The van der Waals surface area contributed by atoms with Gasteiger partial charge in [-0.05, 0) is 13.3 Å². The number of amides is 1. The number of carbonyl (C=O) groups excluding carboxylic acids is 1. The molecule has 1 aromatic heterocycles. The van der Waals surface area contributed by atoms with E-state index in [1.807, 2.05) is 6.92 Å². The Hall–Kier alpha value is -1.67. The lowest BCUT2D eigenvalue weighted by molar-refractivity contribution is -0.385. The number of hydrogen-bond acceptors (Lipinski definition) is 5. The molecule has 19 heavy (non-hydrogen) atoms. The molecule has 0 aromatic carbocycles. The zero-order valence-electron chi connectivity index (χ0n) is 10.8. The van der Waals surface area contributed by atoms with Crippen molar-refractivity contribution in [1.82, 2.24) is 15.5 Å². The summed E-state index contributed by atoms with van der Waals surface area (Å²) in [5.41, 5.74) is 5.30. The smallest absolute Gasteiger partial charge is 0.322 e. The Bertz CT molecular complexity index is 448. The second kappa shape index (κ2) is 7.70. The number of nitrogens with zero attached hydrogens (tertiary/aromatic N) is 2. The van der Waals surface area contributed by atoms with E-state index >= 15 is 0 Å². The van der Waals surface area contributed by atoms with Gasteiger partial charge in [-0.3, -0.25) is 20.0 Å². The van der Waals surface area contributed by atoms with Gasteiger partial charge in [-0.15, -0.1) is 12.4 Å². The van der Waals surface area contributed by atoms with E-state index in [1.54, 1.807) is 6.92 Å². The van der Waals surface area contributed by atoms with E-state index < -0.39 is 10.8 Å². The van der Waals surface area contributed by atoms with Crippen molar-refractivity contribution in [2.24, 2.45) is 5.73 Å². The van der Waals surface area contributed by atoms with E-state index in [4.69, 9.17) is 5.73 Å². The normalized spacial score (nSPS) is 11.5. The number of carbonyl (C=O) groups is 1. The predicted molar refractivity (Wildman–Crippen MR) is 72.5 cm³/mol. The maximum absolute atomic E-state index is 11.8. The van der Waals surface area contributed by atoms with Crippen LogP contribution >= 0.6 is 12.4 Å². The van der Waals surface area contributed by atoms with Crippen molar-refractivity contribution in [3.05, 3.63) is 21.5 Å². The van der Waals surface area contributed by atoms with E-state index in [1.165, 1.54) is 0 Å². The molecular formula is C10H18ClN5O3. The molecule has 0 spiro atoms. The summed E-state index contributed by atoms with van der Waals surface area (Å²) >= 11 is 0. The minimum atomic E-state index is -0.587. The number of nitrogens with two attached hydrogens (primary N) is 1. The third-order valence-electron chi connectivity index (χ3n) is 2.44. The Balaban J connectivity index is 0.00000324. The van der Waals surface area contributed by atoms with Crippen molar-refractivity contribution in [2.75, 3.05) is 6.54 Å². The molecule has 0 radical (unpaired) electrons.